The highest BCUT2D eigenvalue weighted by Gasteiger charge is 2.23. The van der Waals surface area contributed by atoms with Crippen molar-refractivity contribution in [1.82, 2.24) is 0 Å². The van der Waals surface area contributed by atoms with Gasteiger partial charge in [-0.1, -0.05) is 0 Å². The number of alkyl halides is 2. The molecule has 0 radical (unpaired) electrons. The largest absolute Gasteiger partial charge is 0.485 e. The molecule has 1 aliphatic rings. The number of hydrogen-bond donors (Lipinski definition) is 2. The Morgan fingerprint density at radius 2 is 1.90 bits per heavy atom. The van der Waals surface area contributed by atoms with Gasteiger partial charge in [0.2, 0.25) is 11.8 Å². The van der Waals surface area contributed by atoms with Gasteiger partial charge < -0.3 is 20.7 Å². The van der Waals surface area contributed by atoms with E-state index < -0.39 is 24.8 Å². The molecule has 3 amide bonds. The Balaban J connectivity index is 1.85. The fourth-order valence-corrected chi connectivity index (χ4v) is 3.12. The Labute approximate surface area is 165 Å². The van der Waals surface area contributed by atoms with Crippen LogP contribution < -0.4 is 20.7 Å². The van der Waals surface area contributed by atoms with Crippen molar-refractivity contribution in [2.45, 2.75) is 19.8 Å². The molecule has 0 fully saturated rings. The molecule has 1 heterocycles. The number of carbonyl (C=O) groups excluding carboxylic acids is 3. The van der Waals surface area contributed by atoms with Crippen LogP contribution in [0.2, 0.25) is 0 Å². The lowest BCUT2D eigenvalue weighted by molar-refractivity contribution is -0.116. The van der Waals surface area contributed by atoms with Gasteiger partial charge >= 0.3 is 0 Å². The van der Waals surface area contributed by atoms with E-state index in [2.05, 4.69) is 5.32 Å². The third-order valence-corrected chi connectivity index (χ3v) is 4.49. The quantitative estimate of drug-likeness (QED) is 0.774. The SMILES string of the molecule is CC(=O)N1CCc2cc(C(=O)Nc3cc(C(N)=O)ccc3OCC(F)F)ccc21. The number of nitrogens with two attached hydrogens (primary N) is 1. The van der Waals surface area contributed by atoms with Gasteiger partial charge in [-0.05, 0) is 48.4 Å². The number of nitrogens with zero attached hydrogens (tertiary/aromatic N) is 1. The molecule has 1 aliphatic heterocycles. The van der Waals surface area contributed by atoms with Crippen molar-refractivity contribution >= 4 is 29.1 Å². The number of amides is 3. The fourth-order valence-electron chi connectivity index (χ4n) is 3.12. The summed E-state index contributed by atoms with van der Waals surface area (Å²) >= 11 is 0. The molecule has 2 aromatic carbocycles. The zero-order chi connectivity index (χ0) is 21.1. The molecule has 0 atom stereocenters. The van der Waals surface area contributed by atoms with E-state index in [4.69, 9.17) is 10.5 Å². The van der Waals surface area contributed by atoms with Crippen LogP contribution in [0.4, 0.5) is 20.2 Å². The van der Waals surface area contributed by atoms with E-state index in [1.165, 1.54) is 25.1 Å². The van der Waals surface area contributed by atoms with E-state index >= 15 is 0 Å². The van der Waals surface area contributed by atoms with E-state index in [0.717, 1.165) is 11.3 Å². The molecule has 9 heteroatoms. The van der Waals surface area contributed by atoms with Gasteiger partial charge in [-0.25, -0.2) is 8.78 Å². The first-order chi connectivity index (χ1) is 13.8. The highest BCUT2D eigenvalue weighted by Crippen LogP contribution is 2.30. The van der Waals surface area contributed by atoms with Crippen molar-refractivity contribution < 1.29 is 27.9 Å². The standard InChI is InChI=1S/C20H19F2N3O4/c1-11(26)25-7-6-12-8-14(2-4-16(12)25)20(28)24-15-9-13(19(23)27)3-5-17(15)29-10-18(21)22/h2-5,8-9,18H,6-7,10H2,1H3,(H2,23,27)(H,24,28). The predicted molar refractivity (Wildman–Crippen MR) is 103 cm³/mol. The highest BCUT2D eigenvalue weighted by molar-refractivity contribution is 6.06. The number of fused-ring (bicyclic) bond motifs is 1. The highest BCUT2D eigenvalue weighted by atomic mass is 19.3. The first-order valence-electron chi connectivity index (χ1n) is 8.83. The summed E-state index contributed by atoms with van der Waals surface area (Å²) in [6, 6.07) is 8.81. The summed E-state index contributed by atoms with van der Waals surface area (Å²) in [5.41, 5.74) is 7.33. The van der Waals surface area contributed by atoms with Crippen LogP contribution in [0.1, 0.15) is 33.2 Å². The Hall–Kier alpha value is -3.49. The van der Waals surface area contributed by atoms with Crippen molar-refractivity contribution in [3.8, 4) is 5.75 Å². The molecule has 0 spiro atoms. The van der Waals surface area contributed by atoms with Gasteiger partial charge in [0.1, 0.15) is 12.4 Å². The van der Waals surface area contributed by atoms with Crippen LogP contribution in [0, 0.1) is 0 Å². The summed E-state index contributed by atoms with van der Waals surface area (Å²) in [5.74, 6) is -1.34. The van der Waals surface area contributed by atoms with E-state index in [1.807, 2.05) is 0 Å². The molecule has 2 aromatic rings. The van der Waals surface area contributed by atoms with Crippen LogP contribution in [-0.4, -0.2) is 37.3 Å². The van der Waals surface area contributed by atoms with Crippen LogP contribution >= 0.6 is 0 Å². The molecule has 7 nitrogen and oxygen atoms in total. The van der Waals surface area contributed by atoms with Crippen molar-refractivity contribution in [1.29, 1.82) is 0 Å². The zero-order valence-corrected chi connectivity index (χ0v) is 15.6. The van der Waals surface area contributed by atoms with Gasteiger partial charge in [0.25, 0.3) is 12.3 Å². The Morgan fingerprint density at radius 3 is 2.55 bits per heavy atom. The van der Waals surface area contributed by atoms with Crippen LogP contribution in [0.25, 0.3) is 0 Å². The van der Waals surface area contributed by atoms with Gasteiger partial charge in [0, 0.05) is 30.3 Å². The Kier molecular flexibility index (Phi) is 5.76. The molecule has 0 aliphatic carbocycles. The van der Waals surface area contributed by atoms with Crippen LogP contribution in [-0.2, 0) is 11.2 Å². The number of nitrogens with one attached hydrogen (secondary N) is 1. The van der Waals surface area contributed by atoms with Gasteiger partial charge in [-0.2, -0.15) is 0 Å². The summed E-state index contributed by atoms with van der Waals surface area (Å²) in [6.45, 7) is 1.16. The van der Waals surface area contributed by atoms with Crippen molar-refractivity contribution in [2.75, 3.05) is 23.4 Å². The topological polar surface area (TPSA) is 102 Å². The number of carbonyl (C=O) groups is 3. The third kappa shape index (κ3) is 4.50. The molecule has 3 rings (SSSR count). The zero-order valence-electron chi connectivity index (χ0n) is 15.6. The second-order valence-electron chi connectivity index (χ2n) is 6.50. The lowest BCUT2D eigenvalue weighted by atomic mass is 10.1. The molecule has 152 valence electrons. The van der Waals surface area contributed by atoms with Gasteiger partial charge in [0.05, 0.1) is 5.69 Å². The number of rotatable bonds is 6. The summed E-state index contributed by atoms with van der Waals surface area (Å²) < 4.78 is 30.0. The normalized spacial score (nSPS) is 12.6. The summed E-state index contributed by atoms with van der Waals surface area (Å²) in [7, 11) is 0. The molecule has 0 unspecified atom stereocenters. The first-order valence-corrected chi connectivity index (χ1v) is 8.83. The lowest BCUT2D eigenvalue weighted by Crippen LogP contribution is -2.25. The van der Waals surface area contributed by atoms with E-state index in [9.17, 15) is 23.2 Å². The van der Waals surface area contributed by atoms with Gasteiger partial charge in [-0.15, -0.1) is 0 Å². The van der Waals surface area contributed by atoms with Crippen LogP contribution in [0.15, 0.2) is 36.4 Å². The van der Waals surface area contributed by atoms with Crippen molar-refractivity contribution in [3.05, 3.63) is 53.1 Å². The van der Waals surface area contributed by atoms with Gasteiger partial charge in [0.15, 0.2) is 0 Å². The summed E-state index contributed by atoms with van der Waals surface area (Å²) in [6.07, 6.45) is -2.08. The average Bonchev–Trinajstić information content (AvgIpc) is 3.10. The molecule has 0 saturated carbocycles. The average molecular weight is 403 g/mol. The minimum absolute atomic E-state index is 0.00688. The summed E-state index contributed by atoms with van der Waals surface area (Å²) in [4.78, 5) is 37.4. The molecule has 3 N–H and O–H groups in total. The Morgan fingerprint density at radius 1 is 1.17 bits per heavy atom. The number of ether oxygens (including phenoxy) is 1. The number of anilines is 2. The number of primary amides is 1. The van der Waals surface area contributed by atoms with E-state index in [1.54, 1.807) is 23.1 Å². The third-order valence-electron chi connectivity index (χ3n) is 4.49. The minimum atomic E-state index is -2.70. The maximum Gasteiger partial charge on any atom is 0.272 e. The van der Waals surface area contributed by atoms with Crippen LogP contribution in [0.3, 0.4) is 0 Å². The van der Waals surface area contributed by atoms with Crippen LogP contribution in [0.5, 0.6) is 5.75 Å². The van der Waals surface area contributed by atoms with E-state index in [-0.39, 0.29) is 22.9 Å². The van der Waals surface area contributed by atoms with E-state index in [0.29, 0.717) is 18.5 Å². The smallest absolute Gasteiger partial charge is 0.272 e. The number of hydrogen-bond acceptors (Lipinski definition) is 4. The Bertz CT molecular complexity index is 978. The molecule has 0 saturated heterocycles. The second kappa shape index (κ2) is 8.26. The monoisotopic (exact) mass is 403 g/mol. The maximum atomic E-state index is 12.7. The predicted octanol–water partition coefficient (Wildman–Crippen LogP) is 2.59. The van der Waals surface area contributed by atoms with Gasteiger partial charge in [-0.3, -0.25) is 14.4 Å². The van der Waals surface area contributed by atoms with Crippen molar-refractivity contribution in [2.24, 2.45) is 5.73 Å². The summed E-state index contributed by atoms with van der Waals surface area (Å²) in [5, 5.41) is 2.57. The second-order valence-corrected chi connectivity index (χ2v) is 6.50. The fraction of sp³-hybridized carbons (Fsp3) is 0.250. The molecule has 0 aromatic heterocycles. The molecule has 29 heavy (non-hydrogen) atoms. The van der Waals surface area contributed by atoms with Crippen molar-refractivity contribution in [3.63, 3.8) is 0 Å². The first kappa shape index (κ1) is 20.2. The number of benzene rings is 2. The molecular formula is C20H19F2N3O4. The molecular weight excluding hydrogens is 384 g/mol. The number of halogens is 2. The maximum absolute atomic E-state index is 12.7. The minimum Gasteiger partial charge on any atom is -0.485 e. The lowest BCUT2D eigenvalue weighted by Gasteiger charge is -2.15. The molecule has 0 bridgehead atoms.